The molecular weight excluding hydrogens is 940 g/mol. The van der Waals surface area contributed by atoms with Crippen LogP contribution in [0.2, 0.25) is 5.02 Å². The van der Waals surface area contributed by atoms with Crippen LogP contribution in [-0.4, -0.2) is 93.3 Å². The highest BCUT2D eigenvalue weighted by Crippen LogP contribution is 2.39. The summed E-state index contributed by atoms with van der Waals surface area (Å²) in [6.07, 6.45) is 4.25. The van der Waals surface area contributed by atoms with Gasteiger partial charge in [0.2, 0.25) is 33.7 Å². The van der Waals surface area contributed by atoms with E-state index in [0.717, 1.165) is 17.4 Å². The maximum absolute atomic E-state index is 13.4. The fraction of sp³-hybridized carbons (Fsp3) is 0.417. The van der Waals surface area contributed by atoms with Crippen molar-refractivity contribution in [2.75, 3.05) is 55.2 Å². The summed E-state index contributed by atoms with van der Waals surface area (Å²) in [5.74, 6) is -0.954. The first-order valence-electron chi connectivity index (χ1n) is 21.9. The molecule has 4 aromatic rings. The lowest BCUT2D eigenvalue weighted by atomic mass is 9.77. The maximum Gasteiger partial charge on any atom is 0.238 e. The van der Waals surface area contributed by atoms with Crippen LogP contribution in [0.25, 0.3) is 0 Å². The van der Waals surface area contributed by atoms with E-state index in [-0.39, 0.29) is 116 Å². The first kappa shape index (κ1) is 51.3. The number of nitrogens with one attached hydrogen (secondary N) is 2. The number of piperidine rings is 1. The number of nitrogens with zero attached hydrogens (tertiary/aromatic N) is 4. The van der Waals surface area contributed by atoms with Crippen LogP contribution < -0.4 is 29.1 Å². The van der Waals surface area contributed by atoms with Gasteiger partial charge < -0.3 is 18.9 Å². The smallest absolute Gasteiger partial charge is 0.238 e. The third kappa shape index (κ3) is 13.1. The van der Waals surface area contributed by atoms with Gasteiger partial charge in [0, 0.05) is 67.5 Å². The number of hydrogen-bond acceptors (Lipinski definition) is 14. The van der Waals surface area contributed by atoms with Crippen molar-refractivity contribution in [3.05, 3.63) is 99.2 Å². The Hall–Kier alpha value is -6.13. The number of hydrogen-bond donors (Lipinski definition) is 2. The van der Waals surface area contributed by atoms with Crippen molar-refractivity contribution < 1.29 is 51.3 Å². The van der Waals surface area contributed by atoms with E-state index >= 15 is 0 Å². The predicted molar refractivity (Wildman–Crippen MR) is 253 cm³/mol. The second kappa shape index (κ2) is 22.8. The van der Waals surface area contributed by atoms with E-state index in [0.29, 0.717) is 58.9 Å². The minimum absolute atomic E-state index is 0.0380. The Bertz CT molecular complexity index is 2710. The molecule has 1 fully saturated rings. The van der Waals surface area contributed by atoms with Crippen molar-refractivity contribution in [1.82, 2.24) is 15.3 Å². The summed E-state index contributed by atoms with van der Waals surface area (Å²) in [6, 6.07) is 17.8. The summed E-state index contributed by atoms with van der Waals surface area (Å²) in [4.78, 5) is 73.2. The van der Waals surface area contributed by atoms with E-state index in [4.69, 9.17) is 42.1 Å². The fourth-order valence-electron chi connectivity index (χ4n) is 7.88. The number of anilines is 2. The lowest BCUT2D eigenvalue weighted by Crippen LogP contribution is -2.41. The van der Waals surface area contributed by atoms with Crippen LogP contribution in [0.4, 0.5) is 11.8 Å². The monoisotopic (exact) mass is 990 g/mol. The van der Waals surface area contributed by atoms with Gasteiger partial charge in [-0.25, -0.2) is 13.4 Å². The van der Waals surface area contributed by atoms with Crippen molar-refractivity contribution in [2.45, 2.75) is 70.8 Å². The van der Waals surface area contributed by atoms with Crippen molar-refractivity contribution in [3.8, 4) is 23.3 Å². The number of nitriles is 1. The first-order valence-corrected chi connectivity index (χ1v) is 24.7. The van der Waals surface area contributed by atoms with Gasteiger partial charge >= 0.3 is 0 Å². The van der Waals surface area contributed by atoms with E-state index in [2.05, 4.69) is 26.1 Å². The average molecular weight is 992 g/mol. The number of alkyl halides is 1. The molecule has 2 heterocycles. The van der Waals surface area contributed by atoms with Gasteiger partial charge in [-0.3, -0.25) is 38.9 Å². The molecule has 2 aliphatic rings. The number of sulfonamides is 1. The molecule has 2 atom stereocenters. The van der Waals surface area contributed by atoms with Crippen LogP contribution in [0.15, 0.2) is 60.8 Å². The molecule has 1 saturated heterocycles. The number of rotatable bonds is 22. The van der Waals surface area contributed by atoms with Gasteiger partial charge in [-0.2, -0.15) is 10.2 Å². The number of ether oxygens (including phenoxy) is 4. The highest BCUT2D eigenvalue weighted by molar-refractivity contribution is 7.92. The number of fused-ring (bicyclic) bond motifs is 1. The van der Waals surface area contributed by atoms with E-state index in [9.17, 15) is 37.7 Å². The number of carbonyl (C=O) groups is 5. The van der Waals surface area contributed by atoms with Gasteiger partial charge in [-0.15, -0.1) is 11.6 Å². The number of ketones is 2. The number of carbonyl (C=O) groups excluding carboxylic acids is 5. The summed E-state index contributed by atoms with van der Waals surface area (Å²) < 4.78 is 49.6. The Balaban J connectivity index is 1.000. The molecule has 1 aliphatic heterocycles. The molecule has 6 rings (SSSR count). The summed E-state index contributed by atoms with van der Waals surface area (Å²) >= 11 is 12.3. The SMILES string of the molecule is CN(C(=O)CCOCCCOc1ccc2c(c1)C(=O)C(CCC1CCC(=O)NC1=O)CC2=O)c1nc(NS(C)(=O)=O)ncc1COc1ccc(C(C)(C)c2cc(Cl)c(OCCCl)c(C#N)c2)cc1. The molecule has 0 bridgehead atoms. The molecule has 0 saturated carbocycles. The summed E-state index contributed by atoms with van der Waals surface area (Å²) in [5.41, 5.74) is 2.44. The number of benzene rings is 3. The molecule has 20 heteroatoms. The molecule has 17 nitrogen and oxygen atoms in total. The summed E-state index contributed by atoms with van der Waals surface area (Å²) in [5, 5.41) is 12.4. The third-order valence-electron chi connectivity index (χ3n) is 11.7. The number of Topliss-reactive ketones (excluding diaryl/α,β-unsaturated/α-hetero) is 2. The summed E-state index contributed by atoms with van der Waals surface area (Å²) in [7, 11) is -2.24. The molecule has 2 unspecified atom stereocenters. The zero-order chi connectivity index (χ0) is 49.2. The third-order valence-corrected chi connectivity index (χ3v) is 12.7. The number of imide groups is 1. The van der Waals surface area contributed by atoms with Crippen LogP contribution in [-0.2, 0) is 41.2 Å². The van der Waals surface area contributed by atoms with Gasteiger partial charge in [-0.05, 0) is 72.9 Å². The lowest BCUT2D eigenvalue weighted by Gasteiger charge is -2.27. The van der Waals surface area contributed by atoms with Crippen LogP contribution in [0.3, 0.4) is 0 Å². The molecule has 2 N–H and O–H groups in total. The van der Waals surface area contributed by atoms with Gasteiger partial charge in [0.15, 0.2) is 17.3 Å². The highest BCUT2D eigenvalue weighted by atomic mass is 35.5. The molecule has 3 aromatic carbocycles. The van der Waals surface area contributed by atoms with Gasteiger partial charge in [0.05, 0.1) is 47.9 Å². The average Bonchev–Trinajstić information content (AvgIpc) is 3.30. The molecule has 1 aromatic heterocycles. The first-order chi connectivity index (χ1) is 32.4. The molecule has 1 aliphatic carbocycles. The Morgan fingerprint density at radius 1 is 0.941 bits per heavy atom. The van der Waals surface area contributed by atoms with Crippen molar-refractivity contribution in [1.29, 1.82) is 5.26 Å². The molecule has 0 radical (unpaired) electrons. The minimum atomic E-state index is -3.74. The molecule has 0 spiro atoms. The Kier molecular flexibility index (Phi) is 17.2. The maximum atomic E-state index is 13.4. The fourth-order valence-corrected chi connectivity index (χ4v) is 8.66. The van der Waals surface area contributed by atoms with E-state index < -0.39 is 21.4 Å². The van der Waals surface area contributed by atoms with Crippen molar-refractivity contribution >= 4 is 74.3 Å². The highest BCUT2D eigenvalue weighted by Gasteiger charge is 2.35. The zero-order valence-corrected chi connectivity index (χ0v) is 40.4. The predicted octanol–water partition coefficient (Wildman–Crippen LogP) is 6.95. The Morgan fingerprint density at radius 2 is 1.68 bits per heavy atom. The standard InChI is InChI=1S/C48H52Cl2N6O11S/c1-48(2,34-22-31(26-51)44(39(50)24-34)66-21-17-49)33-9-11-35(12-10-33)67-28-32-27-52-47(55-68(4,62)63)54-45(32)56(3)42(59)16-20-64-18-5-19-65-36-13-14-37-38(25-36)43(60)30(23-40(37)57)7-6-29-8-15-41(58)53-46(29)61/h9-14,22,24-25,27,29-30H,5-8,15-21,23,28H2,1-4H3,(H,52,54,55)(H,53,58,61). The lowest BCUT2D eigenvalue weighted by molar-refractivity contribution is -0.136. The van der Waals surface area contributed by atoms with E-state index in [1.165, 1.54) is 18.1 Å². The van der Waals surface area contributed by atoms with Crippen molar-refractivity contribution in [2.24, 2.45) is 11.8 Å². The normalized spacial score (nSPS) is 16.1. The van der Waals surface area contributed by atoms with E-state index in [1.807, 2.05) is 26.0 Å². The van der Waals surface area contributed by atoms with Crippen LogP contribution in [0.5, 0.6) is 17.2 Å². The van der Waals surface area contributed by atoms with Crippen LogP contribution in [0, 0.1) is 23.2 Å². The number of amides is 3. The molecule has 360 valence electrons. The minimum Gasteiger partial charge on any atom is -0.493 e. The second-order valence-corrected chi connectivity index (χ2v) is 19.5. The van der Waals surface area contributed by atoms with Crippen LogP contribution in [0.1, 0.15) is 102 Å². The Morgan fingerprint density at radius 3 is 2.38 bits per heavy atom. The molecule has 3 amide bonds. The zero-order valence-electron chi connectivity index (χ0n) is 38.1. The van der Waals surface area contributed by atoms with E-state index in [1.54, 1.807) is 42.5 Å². The van der Waals surface area contributed by atoms with Gasteiger partial charge in [0.1, 0.15) is 36.6 Å². The molecule has 68 heavy (non-hydrogen) atoms. The number of halogens is 2. The van der Waals surface area contributed by atoms with Gasteiger partial charge in [0.25, 0.3) is 0 Å². The largest absolute Gasteiger partial charge is 0.493 e. The summed E-state index contributed by atoms with van der Waals surface area (Å²) in [6.45, 7) is 4.66. The molecular formula is C48H52Cl2N6O11S. The number of aromatic nitrogens is 2. The Labute approximate surface area is 404 Å². The quantitative estimate of drug-likeness (QED) is 0.0461. The van der Waals surface area contributed by atoms with Crippen LogP contribution >= 0.6 is 23.2 Å². The topological polar surface area (TPSA) is 233 Å². The van der Waals surface area contributed by atoms with Gasteiger partial charge in [-0.1, -0.05) is 37.6 Å². The van der Waals surface area contributed by atoms with Crippen molar-refractivity contribution in [3.63, 3.8) is 0 Å². The second-order valence-electron chi connectivity index (χ2n) is 17.0.